The molecule has 1 heterocycles. The van der Waals surface area contributed by atoms with Crippen molar-refractivity contribution < 1.29 is 14.6 Å². The zero-order chi connectivity index (χ0) is 13.3. The smallest absolute Gasteiger partial charge is 0.257 e. The van der Waals surface area contributed by atoms with Gasteiger partial charge in [-0.25, -0.2) is 0 Å². The van der Waals surface area contributed by atoms with Gasteiger partial charge in [0.15, 0.2) is 0 Å². The van der Waals surface area contributed by atoms with E-state index in [4.69, 9.17) is 4.74 Å². The first kappa shape index (κ1) is 12.9. The second kappa shape index (κ2) is 4.61. The Hall–Kier alpha value is -1.55. The monoisotopic (exact) mass is 249 g/mol. The summed E-state index contributed by atoms with van der Waals surface area (Å²) in [5.41, 5.74) is 0.971. The third kappa shape index (κ3) is 2.64. The van der Waals surface area contributed by atoms with Crippen LogP contribution in [0.1, 0.15) is 29.8 Å². The number of morpholine rings is 1. The highest BCUT2D eigenvalue weighted by Crippen LogP contribution is 2.23. The highest BCUT2D eigenvalue weighted by atomic mass is 16.5. The molecule has 0 spiro atoms. The first-order chi connectivity index (χ1) is 8.39. The first-order valence-electron chi connectivity index (χ1n) is 6.12. The van der Waals surface area contributed by atoms with Crippen LogP contribution in [0, 0.1) is 6.92 Å². The van der Waals surface area contributed by atoms with Crippen LogP contribution in [0.2, 0.25) is 0 Å². The van der Waals surface area contributed by atoms with Crippen LogP contribution in [-0.4, -0.2) is 41.2 Å². The van der Waals surface area contributed by atoms with Gasteiger partial charge in [0.1, 0.15) is 5.75 Å². The van der Waals surface area contributed by atoms with E-state index in [1.165, 1.54) is 0 Å². The molecule has 1 N–H and O–H groups in total. The van der Waals surface area contributed by atoms with Gasteiger partial charge in [-0.2, -0.15) is 0 Å². The maximum absolute atomic E-state index is 12.3. The Bertz CT molecular complexity index is 468. The molecule has 1 aliphatic heterocycles. The van der Waals surface area contributed by atoms with Crippen molar-refractivity contribution in [3.8, 4) is 5.75 Å². The number of carbonyl (C=O) groups excluding carboxylic acids is 1. The van der Waals surface area contributed by atoms with Crippen LogP contribution >= 0.6 is 0 Å². The molecular weight excluding hydrogens is 230 g/mol. The van der Waals surface area contributed by atoms with Crippen molar-refractivity contribution in [2.75, 3.05) is 19.7 Å². The minimum absolute atomic E-state index is 0.0456. The predicted molar refractivity (Wildman–Crippen MR) is 68.8 cm³/mol. The zero-order valence-corrected chi connectivity index (χ0v) is 11.1. The number of ether oxygens (including phenoxy) is 1. The van der Waals surface area contributed by atoms with E-state index in [0.717, 1.165) is 5.56 Å². The van der Waals surface area contributed by atoms with Crippen LogP contribution < -0.4 is 0 Å². The summed E-state index contributed by atoms with van der Waals surface area (Å²) in [6.07, 6.45) is 0. The largest absolute Gasteiger partial charge is 0.507 e. The van der Waals surface area contributed by atoms with Gasteiger partial charge in [0.25, 0.3) is 5.91 Å². The highest BCUT2D eigenvalue weighted by molar-refractivity contribution is 5.97. The number of phenols is 1. The quantitative estimate of drug-likeness (QED) is 0.827. The molecule has 0 atom stereocenters. The van der Waals surface area contributed by atoms with Gasteiger partial charge in [-0.15, -0.1) is 0 Å². The number of hydrogen-bond acceptors (Lipinski definition) is 3. The van der Waals surface area contributed by atoms with Crippen molar-refractivity contribution >= 4 is 5.91 Å². The summed E-state index contributed by atoms with van der Waals surface area (Å²) in [5.74, 6) is -0.0897. The Morgan fingerprint density at radius 2 is 2.17 bits per heavy atom. The Morgan fingerprint density at radius 3 is 2.78 bits per heavy atom. The van der Waals surface area contributed by atoms with E-state index in [1.807, 2.05) is 26.8 Å². The number of rotatable bonds is 1. The summed E-state index contributed by atoms with van der Waals surface area (Å²) in [4.78, 5) is 14.1. The fourth-order valence-corrected chi connectivity index (χ4v) is 2.18. The molecule has 0 bridgehead atoms. The van der Waals surface area contributed by atoms with Gasteiger partial charge in [0.05, 0.1) is 17.8 Å². The summed E-state index contributed by atoms with van der Waals surface area (Å²) in [6.45, 7) is 7.44. The van der Waals surface area contributed by atoms with Gasteiger partial charge in [-0.3, -0.25) is 4.79 Å². The molecule has 1 saturated heterocycles. The van der Waals surface area contributed by atoms with Gasteiger partial charge in [-0.05, 0) is 38.5 Å². The summed E-state index contributed by atoms with van der Waals surface area (Å²) in [5, 5.41) is 9.84. The van der Waals surface area contributed by atoms with Crippen LogP contribution in [-0.2, 0) is 4.74 Å². The highest BCUT2D eigenvalue weighted by Gasteiger charge is 2.31. The third-order valence-corrected chi connectivity index (χ3v) is 3.10. The number of nitrogens with zero attached hydrogens (tertiary/aromatic N) is 1. The predicted octanol–water partition coefficient (Wildman–Crippen LogP) is 1.95. The van der Waals surface area contributed by atoms with Crippen LogP contribution in [0.3, 0.4) is 0 Å². The molecule has 1 amide bonds. The summed E-state index contributed by atoms with van der Waals surface area (Å²) in [7, 11) is 0. The lowest BCUT2D eigenvalue weighted by Crippen LogP contribution is -2.50. The lowest BCUT2D eigenvalue weighted by atomic mass is 10.1. The second-order valence-corrected chi connectivity index (χ2v) is 5.36. The molecule has 4 heteroatoms. The lowest BCUT2D eigenvalue weighted by Gasteiger charge is -2.38. The van der Waals surface area contributed by atoms with Crippen LogP contribution in [0.25, 0.3) is 0 Å². The van der Waals surface area contributed by atoms with Crippen molar-refractivity contribution in [1.29, 1.82) is 0 Å². The number of benzene rings is 1. The van der Waals surface area contributed by atoms with E-state index in [0.29, 0.717) is 25.3 Å². The van der Waals surface area contributed by atoms with Gasteiger partial charge >= 0.3 is 0 Å². The van der Waals surface area contributed by atoms with Gasteiger partial charge in [-0.1, -0.05) is 6.07 Å². The van der Waals surface area contributed by atoms with Gasteiger partial charge in [0, 0.05) is 13.1 Å². The number of phenolic OH excluding ortho intramolecular Hbond substituents is 1. The lowest BCUT2D eigenvalue weighted by molar-refractivity contribution is -0.0764. The van der Waals surface area contributed by atoms with Crippen LogP contribution in [0.4, 0.5) is 0 Å². The normalized spacial score (nSPS) is 18.7. The maximum Gasteiger partial charge on any atom is 0.257 e. The standard InChI is InChI=1S/C14H19NO3/c1-10-4-5-11(12(16)8-10)13(17)15-6-7-18-14(2,3)9-15/h4-5,8,16H,6-7,9H2,1-3H3. The zero-order valence-electron chi connectivity index (χ0n) is 11.1. The van der Waals surface area contributed by atoms with E-state index in [2.05, 4.69) is 0 Å². The minimum Gasteiger partial charge on any atom is -0.507 e. The molecule has 0 unspecified atom stereocenters. The molecular formula is C14H19NO3. The molecule has 0 saturated carbocycles. The Kier molecular flexibility index (Phi) is 3.30. The van der Waals surface area contributed by atoms with Crippen LogP contribution in [0.15, 0.2) is 18.2 Å². The van der Waals surface area contributed by atoms with E-state index >= 15 is 0 Å². The van der Waals surface area contributed by atoms with E-state index < -0.39 is 0 Å². The summed E-state index contributed by atoms with van der Waals surface area (Å²) in [6, 6.07) is 5.12. The van der Waals surface area contributed by atoms with Crippen molar-refractivity contribution in [3.63, 3.8) is 0 Å². The van der Waals surface area contributed by atoms with Gasteiger partial charge in [0.2, 0.25) is 0 Å². The first-order valence-corrected chi connectivity index (χ1v) is 6.12. The third-order valence-electron chi connectivity index (χ3n) is 3.10. The number of hydrogen-bond donors (Lipinski definition) is 1. The molecule has 1 aliphatic rings. The van der Waals surface area contributed by atoms with Crippen molar-refractivity contribution in [1.82, 2.24) is 4.90 Å². The fourth-order valence-electron chi connectivity index (χ4n) is 2.18. The maximum atomic E-state index is 12.3. The molecule has 1 fully saturated rings. The molecule has 4 nitrogen and oxygen atoms in total. The van der Waals surface area contributed by atoms with E-state index in [9.17, 15) is 9.90 Å². The van der Waals surface area contributed by atoms with Crippen molar-refractivity contribution in [2.45, 2.75) is 26.4 Å². The number of carbonyl (C=O) groups is 1. The minimum atomic E-state index is -0.325. The van der Waals surface area contributed by atoms with E-state index in [1.54, 1.807) is 17.0 Å². The second-order valence-electron chi connectivity index (χ2n) is 5.36. The molecule has 2 rings (SSSR count). The average Bonchev–Trinajstić information content (AvgIpc) is 2.27. The van der Waals surface area contributed by atoms with Crippen molar-refractivity contribution in [2.24, 2.45) is 0 Å². The Balaban J connectivity index is 2.20. The topological polar surface area (TPSA) is 49.8 Å². The Morgan fingerprint density at radius 1 is 1.44 bits per heavy atom. The summed E-state index contributed by atoms with van der Waals surface area (Å²) >= 11 is 0. The molecule has 1 aromatic carbocycles. The number of aromatic hydroxyl groups is 1. The molecule has 18 heavy (non-hydrogen) atoms. The van der Waals surface area contributed by atoms with Gasteiger partial charge < -0.3 is 14.7 Å². The molecule has 0 aliphatic carbocycles. The fraction of sp³-hybridized carbons (Fsp3) is 0.500. The average molecular weight is 249 g/mol. The molecule has 1 aromatic rings. The molecule has 0 aromatic heterocycles. The molecule has 0 radical (unpaired) electrons. The van der Waals surface area contributed by atoms with Crippen molar-refractivity contribution in [3.05, 3.63) is 29.3 Å². The Labute approximate surface area is 107 Å². The number of aryl methyl sites for hydroxylation is 1. The van der Waals surface area contributed by atoms with Crippen LogP contribution in [0.5, 0.6) is 5.75 Å². The number of amides is 1. The SMILES string of the molecule is Cc1ccc(C(=O)N2CCOC(C)(C)C2)c(O)c1. The molecule has 98 valence electrons. The van der Waals surface area contributed by atoms with E-state index in [-0.39, 0.29) is 17.3 Å². The summed E-state index contributed by atoms with van der Waals surface area (Å²) < 4.78 is 5.57.